The topological polar surface area (TPSA) is 56.7 Å². The van der Waals surface area contributed by atoms with E-state index in [1.165, 1.54) is 0 Å². The first-order valence-corrected chi connectivity index (χ1v) is 7.05. The quantitative estimate of drug-likeness (QED) is 0.893. The van der Waals surface area contributed by atoms with Gasteiger partial charge in [0.05, 0.1) is 12.1 Å². The molecule has 1 unspecified atom stereocenters. The molecule has 18 heavy (non-hydrogen) atoms. The Kier molecular flexibility index (Phi) is 4.19. The highest BCUT2D eigenvalue weighted by molar-refractivity contribution is 7.13. The summed E-state index contributed by atoms with van der Waals surface area (Å²) in [6, 6.07) is 0.533. The summed E-state index contributed by atoms with van der Waals surface area (Å²) in [5.74, 6) is -0.766. The second-order valence-electron chi connectivity index (χ2n) is 4.79. The number of aryl methyl sites for hydroxylation is 1. The molecule has 5 nitrogen and oxygen atoms in total. The number of carbonyl (C=O) groups is 1. The van der Waals surface area contributed by atoms with Crippen LogP contribution in [-0.2, 0) is 11.2 Å². The van der Waals surface area contributed by atoms with Gasteiger partial charge in [-0.25, -0.2) is 4.98 Å². The molecule has 2 heterocycles. The van der Waals surface area contributed by atoms with Crippen LogP contribution < -0.4 is 4.90 Å². The minimum atomic E-state index is -0.766. The van der Waals surface area contributed by atoms with Crippen molar-refractivity contribution in [2.45, 2.75) is 25.8 Å². The molecule has 0 amide bonds. The van der Waals surface area contributed by atoms with Crippen molar-refractivity contribution in [1.82, 2.24) is 9.88 Å². The lowest BCUT2D eigenvalue weighted by molar-refractivity contribution is -0.136. The molecule has 0 saturated carbocycles. The zero-order valence-electron chi connectivity index (χ0n) is 10.8. The fourth-order valence-corrected chi connectivity index (χ4v) is 2.91. The summed E-state index contributed by atoms with van der Waals surface area (Å²) in [7, 11) is 2.14. The normalized spacial score (nSPS) is 21.2. The van der Waals surface area contributed by atoms with Gasteiger partial charge in [0, 0.05) is 37.5 Å². The molecule has 0 spiro atoms. The average molecular weight is 269 g/mol. The van der Waals surface area contributed by atoms with Gasteiger partial charge in [-0.15, -0.1) is 11.3 Å². The summed E-state index contributed by atoms with van der Waals surface area (Å²) in [5, 5.41) is 11.7. The predicted octanol–water partition coefficient (Wildman–Crippen LogP) is 1.30. The van der Waals surface area contributed by atoms with Crippen LogP contribution in [0.1, 0.15) is 19.0 Å². The zero-order chi connectivity index (χ0) is 13.1. The molecule has 1 N–H and O–H groups in total. The summed E-state index contributed by atoms with van der Waals surface area (Å²) in [4.78, 5) is 19.7. The van der Waals surface area contributed by atoms with E-state index in [-0.39, 0.29) is 6.42 Å². The van der Waals surface area contributed by atoms with E-state index in [1.54, 1.807) is 11.3 Å². The van der Waals surface area contributed by atoms with E-state index in [0.29, 0.717) is 12.5 Å². The first-order valence-electron chi connectivity index (χ1n) is 6.17. The van der Waals surface area contributed by atoms with Crippen LogP contribution in [0.5, 0.6) is 0 Å². The van der Waals surface area contributed by atoms with E-state index in [0.717, 1.165) is 30.5 Å². The van der Waals surface area contributed by atoms with Crippen molar-refractivity contribution < 1.29 is 9.90 Å². The maximum Gasteiger partial charge on any atom is 0.303 e. The Bertz CT molecular complexity index is 421. The van der Waals surface area contributed by atoms with Gasteiger partial charge in [0.1, 0.15) is 0 Å². The Hall–Kier alpha value is -1.14. The number of likely N-dealkylation sites (N-methyl/N-ethyl adjacent to an activating group) is 1. The number of anilines is 1. The van der Waals surface area contributed by atoms with Crippen LogP contribution in [0, 0.1) is 0 Å². The average Bonchev–Trinajstić information content (AvgIpc) is 2.79. The third-order valence-electron chi connectivity index (χ3n) is 3.36. The van der Waals surface area contributed by atoms with Crippen LogP contribution in [0.25, 0.3) is 0 Å². The standard InChI is InChI=1S/C12H19N3O2S/c1-9-7-15(6-5-14(9)2)12-13-10(8-18-12)3-4-11(16)17/h8-9H,3-7H2,1-2H3,(H,16,17). The molecule has 2 rings (SSSR count). The highest BCUT2D eigenvalue weighted by Gasteiger charge is 2.22. The number of hydrogen-bond donors (Lipinski definition) is 1. The first-order chi connectivity index (χ1) is 8.56. The molecule has 1 aromatic rings. The Morgan fingerprint density at radius 2 is 2.39 bits per heavy atom. The number of carboxylic acids is 1. The van der Waals surface area contributed by atoms with E-state index >= 15 is 0 Å². The fourth-order valence-electron chi connectivity index (χ4n) is 2.01. The SMILES string of the molecule is CC1CN(c2nc(CCC(=O)O)cs2)CCN1C. The monoisotopic (exact) mass is 269 g/mol. The van der Waals surface area contributed by atoms with Gasteiger partial charge in [0.25, 0.3) is 0 Å². The minimum absolute atomic E-state index is 0.155. The molecule has 1 fully saturated rings. The summed E-state index contributed by atoms with van der Waals surface area (Å²) in [5.41, 5.74) is 0.893. The van der Waals surface area contributed by atoms with E-state index < -0.39 is 5.97 Å². The van der Waals surface area contributed by atoms with Gasteiger partial charge in [0.2, 0.25) is 0 Å². The number of aromatic nitrogens is 1. The molecule has 1 saturated heterocycles. The second kappa shape index (κ2) is 5.67. The molecule has 0 radical (unpaired) electrons. The van der Waals surface area contributed by atoms with Gasteiger partial charge >= 0.3 is 5.97 Å². The highest BCUT2D eigenvalue weighted by atomic mass is 32.1. The predicted molar refractivity (Wildman–Crippen MR) is 72.4 cm³/mol. The van der Waals surface area contributed by atoms with Crippen molar-refractivity contribution in [3.8, 4) is 0 Å². The lowest BCUT2D eigenvalue weighted by Gasteiger charge is -2.37. The smallest absolute Gasteiger partial charge is 0.303 e. The van der Waals surface area contributed by atoms with Crippen LogP contribution in [0.2, 0.25) is 0 Å². The zero-order valence-corrected chi connectivity index (χ0v) is 11.6. The Morgan fingerprint density at radius 3 is 3.06 bits per heavy atom. The van der Waals surface area contributed by atoms with Gasteiger partial charge in [-0.2, -0.15) is 0 Å². The number of thiazole rings is 1. The fraction of sp³-hybridized carbons (Fsp3) is 0.667. The van der Waals surface area contributed by atoms with Crippen molar-refractivity contribution >= 4 is 22.4 Å². The van der Waals surface area contributed by atoms with E-state index in [1.807, 2.05) is 5.38 Å². The third kappa shape index (κ3) is 3.20. The molecule has 1 aromatic heterocycles. The third-order valence-corrected chi connectivity index (χ3v) is 4.32. The molecule has 1 aliphatic heterocycles. The first kappa shape index (κ1) is 13.3. The van der Waals surface area contributed by atoms with E-state index in [4.69, 9.17) is 5.11 Å². The van der Waals surface area contributed by atoms with Gasteiger partial charge < -0.3 is 14.9 Å². The lowest BCUT2D eigenvalue weighted by atomic mass is 10.2. The summed E-state index contributed by atoms with van der Waals surface area (Å²) < 4.78 is 0. The molecule has 0 aliphatic carbocycles. The maximum absolute atomic E-state index is 10.5. The van der Waals surface area contributed by atoms with Crippen LogP contribution >= 0.6 is 11.3 Å². The molecule has 0 bridgehead atoms. The van der Waals surface area contributed by atoms with Crippen molar-refractivity contribution in [2.75, 3.05) is 31.6 Å². The van der Waals surface area contributed by atoms with E-state index in [9.17, 15) is 4.79 Å². The number of rotatable bonds is 4. The Balaban J connectivity index is 1.95. The van der Waals surface area contributed by atoms with Crippen molar-refractivity contribution in [3.05, 3.63) is 11.1 Å². The van der Waals surface area contributed by atoms with Gasteiger partial charge in [-0.3, -0.25) is 4.79 Å². The van der Waals surface area contributed by atoms with Crippen molar-refractivity contribution in [2.24, 2.45) is 0 Å². The van der Waals surface area contributed by atoms with Gasteiger partial charge in [0.15, 0.2) is 5.13 Å². The largest absolute Gasteiger partial charge is 0.481 e. The summed E-state index contributed by atoms with van der Waals surface area (Å²) in [6.45, 7) is 5.24. The molecular weight excluding hydrogens is 250 g/mol. The maximum atomic E-state index is 10.5. The lowest BCUT2D eigenvalue weighted by Crippen LogP contribution is -2.50. The molecule has 100 valence electrons. The Labute approximate surface area is 111 Å². The summed E-state index contributed by atoms with van der Waals surface area (Å²) in [6.07, 6.45) is 0.678. The number of piperazine rings is 1. The molecular formula is C12H19N3O2S. The van der Waals surface area contributed by atoms with Gasteiger partial charge in [-0.05, 0) is 14.0 Å². The van der Waals surface area contributed by atoms with Crippen LogP contribution in [0.15, 0.2) is 5.38 Å². The molecule has 6 heteroatoms. The second-order valence-corrected chi connectivity index (χ2v) is 5.63. The van der Waals surface area contributed by atoms with Crippen molar-refractivity contribution in [3.63, 3.8) is 0 Å². The molecule has 1 aliphatic rings. The van der Waals surface area contributed by atoms with Crippen LogP contribution in [-0.4, -0.2) is 53.7 Å². The Morgan fingerprint density at radius 1 is 1.61 bits per heavy atom. The minimum Gasteiger partial charge on any atom is -0.481 e. The van der Waals surface area contributed by atoms with Crippen LogP contribution in [0.4, 0.5) is 5.13 Å². The van der Waals surface area contributed by atoms with Crippen LogP contribution in [0.3, 0.4) is 0 Å². The number of nitrogens with zero attached hydrogens (tertiary/aromatic N) is 3. The van der Waals surface area contributed by atoms with Gasteiger partial charge in [-0.1, -0.05) is 0 Å². The number of hydrogen-bond acceptors (Lipinski definition) is 5. The van der Waals surface area contributed by atoms with Crippen molar-refractivity contribution in [1.29, 1.82) is 0 Å². The number of carboxylic acid groups (broad SMARTS) is 1. The summed E-state index contributed by atoms with van der Waals surface area (Å²) >= 11 is 1.61. The highest BCUT2D eigenvalue weighted by Crippen LogP contribution is 2.23. The number of aliphatic carboxylic acids is 1. The molecule has 0 aromatic carbocycles. The molecule has 1 atom stereocenters. The van der Waals surface area contributed by atoms with E-state index in [2.05, 4.69) is 28.8 Å².